The molecule has 0 saturated heterocycles. The minimum absolute atomic E-state index is 0.773. The van der Waals surface area contributed by atoms with Gasteiger partial charge in [0.05, 0.1) is 6.42 Å². The number of hydrogen-bond donors (Lipinski definition) is 0. The first-order valence-electron chi connectivity index (χ1n) is 3.38. The van der Waals surface area contributed by atoms with E-state index in [1.165, 1.54) is 0 Å². The first kappa shape index (κ1) is 12.9. The average Bonchev–Trinajstić information content (AvgIpc) is 1.79. The summed E-state index contributed by atoms with van der Waals surface area (Å²) in [4.78, 5) is 9.69. The summed E-state index contributed by atoms with van der Waals surface area (Å²) in [5.41, 5.74) is 0. The molecule has 14 heavy (non-hydrogen) atoms. The van der Waals surface area contributed by atoms with Crippen molar-refractivity contribution in [3.63, 3.8) is 0 Å². The van der Waals surface area contributed by atoms with E-state index < -0.39 is 30.8 Å². The molecule has 0 fully saturated rings. The monoisotopic (exact) mass is 221 g/mol. The fraction of sp³-hybridized carbons (Fsp3) is 0.833. The molecule has 0 spiro atoms. The Morgan fingerprint density at radius 3 is 2.00 bits per heavy atom. The lowest BCUT2D eigenvalue weighted by Crippen LogP contribution is -2.39. The van der Waals surface area contributed by atoms with Crippen molar-refractivity contribution in [2.75, 3.05) is 0 Å². The number of rotatable bonds is 3. The van der Waals surface area contributed by atoms with E-state index in [-0.39, 0.29) is 0 Å². The fourth-order valence-electron chi connectivity index (χ4n) is 0.683. The van der Waals surface area contributed by atoms with Crippen molar-refractivity contribution < 1.29 is 36.6 Å². The second kappa shape index (κ2) is 3.97. The SMILES string of the molecule is CC(CC(F)(F)C(F)(F)F)OC([O])=O. The molecule has 1 radical (unpaired) electrons. The van der Waals surface area contributed by atoms with Crippen LogP contribution in [0.4, 0.5) is 26.7 Å². The molecule has 0 aromatic heterocycles. The molecular weight excluding hydrogens is 215 g/mol. The lowest BCUT2D eigenvalue weighted by Gasteiger charge is -2.21. The average molecular weight is 221 g/mol. The molecule has 0 aliphatic rings. The molecule has 0 saturated carbocycles. The Balaban J connectivity index is 4.29. The van der Waals surface area contributed by atoms with Crippen LogP contribution in [0.25, 0.3) is 0 Å². The summed E-state index contributed by atoms with van der Waals surface area (Å²) >= 11 is 0. The van der Waals surface area contributed by atoms with Gasteiger partial charge in [0.15, 0.2) is 0 Å². The number of halogens is 5. The highest BCUT2D eigenvalue weighted by Crippen LogP contribution is 2.39. The zero-order valence-corrected chi connectivity index (χ0v) is 6.90. The molecule has 0 rings (SSSR count). The standard InChI is InChI=1S/C6H6F5O3/c1-3(14-4(12)13)2-5(7,8)6(9,10)11/h3H,2H2,1H3. The van der Waals surface area contributed by atoms with Crippen LogP contribution in [-0.4, -0.2) is 24.4 Å². The number of carbonyl (C=O) groups is 1. The van der Waals surface area contributed by atoms with Crippen molar-refractivity contribution in [3.05, 3.63) is 0 Å². The zero-order valence-electron chi connectivity index (χ0n) is 6.90. The fourth-order valence-corrected chi connectivity index (χ4v) is 0.683. The van der Waals surface area contributed by atoms with E-state index in [4.69, 9.17) is 0 Å². The van der Waals surface area contributed by atoms with E-state index >= 15 is 0 Å². The number of hydrogen-bond acceptors (Lipinski definition) is 2. The van der Waals surface area contributed by atoms with Gasteiger partial charge in [-0.25, -0.2) is 0 Å². The van der Waals surface area contributed by atoms with Crippen molar-refractivity contribution >= 4 is 6.16 Å². The van der Waals surface area contributed by atoms with Crippen LogP contribution in [0.15, 0.2) is 0 Å². The largest absolute Gasteiger partial charge is 0.550 e. The highest BCUT2D eigenvalue weighted by atomic mass is 19.4. The van der Waals surface area contributed by atoms with Crippen molar-refractivity contribution in [3.8, 4) is 0 Å². The highest BCUT2D eigenvalue weighted by molar-refractivity contribution is 5.56. The minimum atomic E-state index is -5.71. The van der Waals surface area contributed by atoms with Gasteiger partial charge >= 0.3 is 18.3 Å². The molecule has 1 atom stereocenters. The van der Waals surface area contributed by atoms with Crippen LogP contribution >= 0.6 is 0 Å². The van der Waals surface area contributed by atoms with E-state index in [1.54, 1.807) is 0 Å². The van der Waals surface area contributed by atoms with Gasteiger partial charge in [-0.3, -0.25) is 0 Å². The van der Waals surface area contributed by atoms with Gasteiger partial charge in [-0.1, -0.05) is 0 Å². The van der Waals surface area contributed by atoms with E-state index in [9.17, 15) is 31.9 Å². The van der Waals surface area contributed by atoms with Crippen molar-refractivity contribution in [2.45, 2.75) is 31.5 Å². The maximum Gasteiger partial charge on any atom is 0.550 e. The topological polar surface area (TPSA) is 46.2 Å². The maximum absolute atomic E-state index is 12.2. The normalized spacial score (nSPS) is 15.0. The third-order valence-electron chi connectivity index (χ3n) is 1.26. The molecule has 0 aliphatic carbocycles. The van der Waals surface area contributed by atoms with E-state index in [0.717, 1.165) is 6.92 Å². The molecule has 0 heterocycles. The summed E-state index contributed by atoms with van der Waals surface area (Å²) < 4.78 is 62.7. The van der Waals surface area contributed by atoms with Gasteiger partial charge in [-0.15, -0.1) is 0 Å². The van der Waals surface area contributed by atoms with Crippen molar-refractivity contribution in [1.29, 1.82) is 0 Å². The smallest absolute Gasteiger partial charge is 0.429 e. The molecular formula is C6H6F5O3. The van der Waals surface area contributed by atoms with Crippen LogP contribution in [-0.2, 0) is 9.84 Å². The predicted octanol–water partition coefficient (Wildman–Crippen LogP) is 2.53. The summed E-state index contributed by atoms with van der Waals surface area (Å²) in [6.45, 7) is 0.773. The Labute approximate surface area is 75.5 Å². The molecule has 0 bridgehead atoms. The third-order valence-corrected chi connectivity index (χ3v) is 1.26. The summed E-state index contributed by atoms with van der Waals surface area (Å²) in [5.74, 6) is -4.97. The Morgan fingerprint density at radius 2 is 1.71 bits per heavy atom. The van der Waals surface area contributed by atoms with Crippen LogP contribution in [0.5, 0.6) is 0 Å². The van der Waals surface area contributed by atoms with Crippen LogP contribution in [0, 0.1) is 0 Å². The van der Waals surface area contributed by atoms with Crippen LogP contribution in [0.3, 0.4) is 0 Å². The number of alkyl halides is 5. The number of ether oxygens (including phenoxy) is 1. The molecule has 0 N–H and O–H groups in total. The van der Waals surface area contributed by atoms with Gasteiger partial charge in [0.25, 0.3) is 0 Å². The predicted molar refractivity (Wildman–Crippen MR) is 32.2 cm³/mol. The molecule has 8 heteroatoms. The molecule has 83 valence electrons. The quantitative estimate of drug-likeness (QED) is 0.543. The summed E-state index contributed by atoms with van der Waals surface area (Å²) in [6.07, 6.45) is -11.4. The lowest BCUT2D eigenvalue weighted by atomic mass is 10.1. The maximum atomic E-state index is 12.2. The first-order valence-corrected chi connectivity index (χ1v) is 3.38. The van der Waals surface area contributed by atoms with Crippen molar-refractivity contribution in [2.24, 2.45) is 0 Å². The van der Waals surface area contributed by atoms with Crippen molar-refractivity contribution in [1.82, 2.24) is 0 Å². The van der Waals surface area contributed by atoms with Gasteiger partial charge in [0.1, 0.15) is 6.10 Å². The molecule has 0 aromatic carbocycles. The summed E-state index contributed by atoms with van der Waals surface area (Å²) in [5, 5.41) is 9.69. The van der Waals surface area contributed by atoms with Gasteiger partial charge in [-0.2, -0.15) is 31.9 Å². The number of carbonyl (C=O) groups excluding carboxylic acids is 1. The van der Waals surface area contributed by atoms with Gasteiger partial charge < -0.3 is 4.74 Å². The van der Waals surface area contributed by atoms with Gasteiger partial charge in [0.2, 0.25) is 0 Å². The second-order valence-corrected chi connectivity index (χ2v) is 2.58. The summed E-state index contributed by atoms with van der Waals surface area (Å²) in [7, 11) is 0. The van der Waals surface area contributed by atoms with Crippen LogP contribution in [0.1, 0.15) is 13.3 Å². The van der Waals surface area contributed by atoms with Gasteiger partial charge in [-0.05, 0) is 6.92 Å². The Morgan fingerprint density at radius 1 is 1.29 bits per heavy atom. The molecule has 0 amide bonds. The van der Waals surface area contributed by atoms with E-state index in [2.05, 4.69) is 4.74 Å². The molecule has 1 unspecified atom stereocenters. The van der Waals surface area contributed by atoms with E-state index in [0.29, 0.717) is 0 Å². The zero-order chi connectivity index (χ0) is 11.6. The molecule has 0 aromatic rings. The summed E-state index contributed by atoms with van der Waals surface area (Å²) in [6, 6.07) is 0. The Hall–Kier alpha value is -1.08. The van der Waals surface area contributed by atoms with Gasteiger partial charge in [0, 0.05) is 0 Å². The Kier molecular flexibility index (Phi) is 3.66. The van der Waals surface area contributed by atoms with Crippen LogP contribution in [0.2, 0.25) is 0 Å². The Bertz CT molecular complexity index is 212. The minimum Gasteiger partial charge on any atom is -0.429 e. The molecule has 0 aliphatic heterocycles. The van der Waals surface area contributed by atoms with E-state index in [1.807, 2.05) is 0 Å². The molecule has 3 nitrogen and oxygen atoms in total. The lowest BCUT2D eigenvalue weighted by molar-refractivity contribution is -0.289. The highest BCUT2D eigenvalue weighted by Gasteiger charge is 2.58. The third kappa shape index (κ3) is 3.75. The second-order valence-electron chi connectivity index (χ2n) is 2.58. The van der Waals surface area contributed by atoms with Crippen LogP contribution < -0.4 is 0 Å². The first-order chi connectivity index (χ1) is 6.06.